The zero-order chi connectivity index (χ0) is 26.3. The van der Waals surface area contributed by atoms with Crippen LogP contribution in [0.15, 0.2) is 61.1 Å². The molecule has 0 atom stereocenters. The van der Waals surface area contributed by atoms with Gasteiger partial charge in [-0.1, -0.05) is 30.3 Å². The first-order valence-corrected chi connectivity index (χ1v) is 10.4. The van der Waals surface area contributed by atoms with Crippen LogP contribution in [0.25, 0.3) is 28.1 Å². The Bertz CT molecular complexity index is 1650. The summed E-state index contributed by atoms with van der Waals surface area (Å²) in [5.74, 6) is -3.00. The summed E-state index contributed by atoms with van der Waals surface area (Å²) in [6.07, 6.45) is -1.34. The fraction of sp³-hybridized carbons (Fsp3) is 0.0870. The Morgan fingerprint density at radius 3 is 2.54 bits per heavy atom. The van der Waals surface area contributed by atoms with Gasteiger partial charge in [-0.25, -0.2) is 18.9 Å². The number of alkyl halides is 3. The number of para-hydroxylation sites is 1. The van der Waals surface area contributed by atoms with Gasteiger partial charge in [-0.2, -0.15) is 15.2 Å². The molecule has 0 amide bonds. The van der Waals surface area contributed by atoms with Crippen LogP contribution in [0.4, 0.5) is 17.6 Å². The second-order valence-corrected chi connectivity index (χ2v) is 7.71. The molecule has 0 unspecified atom stereocenters. The number of nitrogens with zero attached hydrogens (tertiary/aromatic N) is 6. The van der Waals surface area contributed by atoms with Gasteiger partial charge in [-0.3, -0.25) is 4.68 Å². The van der Waals surface area contributed by atoms with E-state index in [0.717, 1.165) is 23.0 Å². The Balaban J connectivity index is 1.44. The van der Waals surface area contributed by atoms with Gasteiger partial charge < -0.3 is 14.9 Å². The summed E-state index contributed by atoms with van der Waals surface area (Å²) in [6, 6.07) is 9.28. The van der Waals surface area contributed by atoms with E-state index < -0.39 is 29.8 Å². The van der Waals surface area contributed by atoms with Crippen molar-refractivity contribution >= 4 is 17.0 Å². The molecule has 0 aliphatic rings. The number of halogens is 4. The molecular formula is C23H14F4N6O4. The van der Waals surface area contributed by atoms with Crippen LogP contribution in [0.3, 0.4) is 0 Å². The largest absolute Gasteiger partial charge is 0.573 e. The number of rotatable bonds is 6. The van der Waals surface area contributed by atoms with Gasteiger partial charge in [0.25, 0.3) is 5.95 Å². The number of ether oxygens (including phenoxy) is 1. The highest BCUT2D eigenvalue weighted by molar-refractivity contribution is 5.87. The van der Waals surface area contributed by atoms with Crippen LogP contribution in [-0.2, 0) is 6.54 Å². The van der Waals surface area contributed by atoms with Crippen LogP contribution in [-0.4, -0.2) is 52.1 Å². The van der Waals surface area contributed by atoms with Crippen molar-refractivity contribution < 1.29 is 37.3 Å². The molecule has 5 rings (SSSR count). The van der Waals surface area contributed by atoms with E-state index >= 15 is 0 Å². The van der Waals surface area contributed by atoms with Gasteiger partial charge in [-0.05, 0) is 17.7 Å². The first kappa shape index (κ1) is 23.7. The topological polar surface area (TPSA) is 128 Å². The molecule has 0 saturated carbocycles. The van der Waals surface area contributed by atoms with E-state index in [1.807, 2.05) is 0 Å². The Labute approximate surface area is 204 Å². The van der Waals surface area contributed by atoms with Crippen molar-refractivity contribution in [1.29, 1.82) is 0 Å². The third kappa shape index (κ3) is 4.76. The molecule has 0 aliphatic carbocycles. The fourth-order valence-electron chi connectivity index (χ4n) is 3.66. The monoisotopic (exact) mass is 514 g/mol. The number of fused-ring (bicyclic) bond motifs is 1. The average molecular weight is 514 g/mol. The van der Waals surface area contributed by atoms with Crippen molar-refractivity contribution in [2.45, 2.75) is 12.9 Å². The van der Waals surface area contributed by atoms with Gasteiger partial charge in [0.05, 0.1) is 24.5 Å². The molecule has 37 heavy (non-hydrogen) atoms. The molecule has 3 aromatic heterocycles. The molecule has 0 spiro atoms. The lowest BCUT2D eigenvalue weighted by atomic mass is 10.0. The molecule has 2 aromatic carbocycles. The van der Waals surface area contributed by atoms with Crippen LogP contribution in [0, 0.1) is 5.82 Å². The predicted octanol–water partition coefficient (Wildman–Crippen LogP) is 4.17. The minimum atomic E-state index is -4.91. The minimum Gasteiger partial charge on any atom is -0.492 e. The van der Waals surface area contributed by atoms with Gasteiger partial charge in [0.1, 0.15) is 22.6 Å². The highest BCUT2D eigenvalue weighted by Crippen LogP contribution is 2.34. The molecule has 2 N–H and O–H groups in total. The highest BCUT2D eigenvalue weighted by Gasteiger charge is 2.32. The summed E-state index contributed by atoms with van der Waals surface area (Å²) in [7, 11) is 0. The molecule has 0 radical (unpaired) electrons. The average Bonchev–Trinajstić information content (AvgIpc) is 3.48. The van der Waals surface area contributed by atoms with Gasteiger partial charge >= 0.3 is 12.3 Å². The number of hydrogen-bond acceptors (Lipinski definition) is 7. The molecule has 5 aromatic rings. The molecule has 0 fully saturated rings. The highest BCUT2D eigenvalue weighted by atomic mass is 19.4. The van der Waals surface area contributed by atoms with Gasteiger partial charge in [-0.15, -0.1) is 13.2 Å². The molecule has 3 heterocycles. The maximum Gasteiger partial charge on any atom is 0.573 e. The summed E-state index contributed by atoms with van der Waals surface area (Å²) in [4.78, 5) is 19.2. The van der Waals surface area contributed by atoms with Crippen molar-refractivity contribution in [2.75, 3.05) is 0 Å². The number of benzene rings is 2. The Kier molecular flexibility index (Phi) is 5.70. The number of carbonyl (C=O) groups is 1. The van der Waals surface area contributed by atoms with E-state index in [9.17, 15) is 27.5 Å². The molecule has 14 heteroatoms. The maximum atomic E-state index is 15.0. The van der Waals surface area contributed by atoms with Crippen LogP contribution in [0.1, 0.15) is 15.9 Å². The van der Waals surface area contributed by atoms with Crippen LogP contribution >= 0.6 is 0 Å². The Morgan fingerprint density at radius 2 is 1.84 bits per heavy atom. The second kappa shape index (κ2) is 8.89. The first-order chi connectivity index (χ1) is 17.6. The quantitative estimate of drug-likeness (QED) is 0.323. The lowest BCUT2D eigenvalue weighted by Crippen LogP contribution is -2.17. The Morgan fingerprint density at radius 1 is 1.05 bits per heavy atom. The summed E-state index contributed by atoms with van der Waals surface area (Å²) in [6.45, 7) is -0.155. The number of aromatic carboxylic acids is 1. The first-order valence-electron chi connectivity index (χ1n) is 10.4. The number of aromatic nitrogens is 6. The standard InChI is InChI=1S/C23H14F4N6O4/c24-16-7-12(15-3-1-2-4-18(15)37-23(25,26)27)5-6-13(16)10-32-19-17(9-29-32)30-22(31-20(19)34)33-11-14(8-28-33)21(35)36/h1-9,11H,10H2,(H,35,36)(H,30,31,34). The van der Waals surface area contributed by atoms with Crippen LogP contribution in [0.5, 0.6) is 11.6 Å². The van der Waals surface area contributed by atoms with E-state index in [-0.39, 0.29) is 45.8 Å². The third-order valence-electron chi connectivity index (χ3n) is 5.29. The maximum absolute atomic E-state index is 15.0. The number of hydrogen-bond donors (Lipinski definition) is 2. The van der Waals surface area contributed by atoms with Crippen LogP contribution in [0.2, 0.25) is 0 Å². The van der Waals surface area contributed by atoms with Crippen LogP contribution < -0.4 is 4.74 Å². The van der Waals surface area contributed by atoms with E-state index in [2.05, 4.69) is 24.9 Å². The smallest absolute Gasteiger partial charge is 0.492 e. The van der Waals surface area contributed by atoms with Crippen molar-refractivity contribution in [1.82, 2.24) is 29.5 Å². The van der Waals surface area contributed by atoms with E-state index in [4.69, 9.17) is 5.11 Å². The SMILES string of the molecule is O=C(O)c1cnn(-c2nc(O)c3c(cnn3Cc3ccc(-c4ccccc4OC(F)(F)F)cc3F)n2)c1. The summed E-state index contributed by atoms with van der Waals surface area (Å²) in [5.41, 5.74) is 0.516. The molecule has 0 bridgehead atoms. The molecule has 0 saturated heterocycles. The lowest BCUT2D eigenvalue weighted by Gasteiger charge is -2.14. The minimum absolute atomic E-state index is 0.0538. The zero-order valence-electron chi connectivity index (χ0n) is 18.4. The van der Waals surface area contributed by atoms with Crippen molar-refractivity contribution in [3.05, 3.63) is 78.0 Å². The normalized spacial score (nSPS) is 11.7. The van der Waals surface area contributed by atoms with Gasteiger partial charge in [0.2, 0.25) is 5.88 Å². The molecule has 0 aliphatic heterocycles. The predicted molar refractivity (Wildman–Crippen MR) is 119 cm³/mol. The van der Waals surface area contributed by atoms with Crippen molar-refractivity contribution in [3.8, 4) is 28.7 Å². The fourth-order valence-corrected chi connectivity index (χ4v) is 3.66. The molecule has 10 nitrogen and oxygen atoms in total. The van der Waals surface area contributed by atoms with E-state index in [1.54, 1.807) is 0 Å². The molecule has 188 valence electrons. The number of carboxylic acids is 1. The number of carboxylic acid groups (broad SMARTS) is 1. The van der Waals surface area contributed by atoms with Crippen molar-refractivity contribution in [3.63, 3.8) is 0 Å². The summed E-state index contributed by atoms with van der Waals surface area (Å²) < 4.78 is 59.6. The second-order valence-electron chi connectivity index (χ2n) is 7.71. The third-order valence-corrected chi connectivity index (χ3v) is 5.29. The van der Waals surface area contributed by atoms with Gasteiger partial charge in [0.15, 0.2) is 0 Å². The zero-order valence-corrected chi connectivity index (χ0v) is 18.4. The number of aromatic hydroxyl groups is 1. The van der Waals surface area contributed by atoms with E-state index in [0.29, 0.717) is 0 Å². The van der Waals surface area contributed by atoms with Gasteiger partial charge in [0, 0.05) is 17.3 Å². The van der Waals surface area contributed by atoms with Crippen molar-refractivity contribution in [2.24, 2.45) is 0 Å². The van der Waals surface area contributed by atoms with E-state index in [1.165, 1.54) is 47.4 Å². The summed E-state index contributed by atoms with van der Waals surface area (Å²) in [5, 5.41) is 27.5. The molecular weight excluding hydrogens is 500 g/mol. The lowest BCUT2D eigenvalue weighted by molar-refractivity contribution is -0.274. The summed E-state index contributed by atoms with van der Waals surface area (Å²) >= 11 is 0. The Hall–Kier alpha value is -5.01.